The maximum atomic E-state index is 13.0. The van der Waals surface area contributed by atoms with Gasteiger partial charge in [-0.3, -0.25) is 4.79 Å². The van der Waals surface area contributed by atoms with E-state index in [1.54, 1.807) is 12.1 Å². The van der Waals surface area contributed by atoms with Gasteiger partial charge in [0.2, 0.25) is 5.91 Å². The molecule has 104 valence electrons. The number of halogens is 1. The molecule has 1 aromatic rings. The first-order chi connectivity index (χ1) is 9.22. The minimum atomic E-state index is -0.255. The van der Waals surface area contributed by atoms with Crippen molar-refractivity contribution in [2.24, 2.45) is 0 Å². The van der Waals surface area contributed by atoms with Crippen LogP contribution >= 0.6 is 0 Å². The minimum Gasteiger partial charge on any atom is -0.359 e. The summed E-state index contributed by atoms with van der Waals surface area (Å²) in [4.78, 5) is 14.2. The fraction of sp³-hybridized carbons (Fsp3) is 0.500. The molecule has 1 aliphatic heterocycles. The summed E-state index contributed by atoms with van der Waals surface area (Å²) in [6.07, 6.45) is 1.64. The van der Waals surface area contributed by atoms with Crippen LogP contribution in [0.4, 0.5) is 10.1 Å². The van der Waals surface area contributed by atoms with Crippen molar-refractivity contribution in [3.05, 3.63) is 30.1 Å². The van der Waals surface area contributed by atoms with Crippen molar-refractivity contribution in [2.75, 3.05) is 31.6 Å². The van der Waals surface area contributed by atoms with Gasteiger partial charge in [-0.05, 0) is 50.7 Å². The molecule has 1 aromatic carbocycles. The highest BCUT2D eigenvalue weighted by Crippen LogP contribution is 2.21. The first kappa shape index (κ1) is 13.8. The molecule has 1 unspecified atom stereocenters. The molecular weight excluding hydrogens is 245 g/mol. The van der Waals surface area contributed by atoms with Crippen molar-refractivity contribution in [1.29, 1.82) is 0 Å². The number of hydrogen-bond acceptors (Lipinski definition) is 3. The van der Waals surface area contributed by atoms with E-state index in [9.17, 15) is 9.18 Å². The van der Waals surface area contributed by atoms with Gasteiger partial charge in [-0.25, -0.2) is 4.39 Å². The number of carbonyl (C=O) groups excluding carboxylic acids is 1. The predicted molar refractivity (Wildman–Crippen MR) is 73.7 cm³/mol. The predicted octanol–water partition coefficient (Wildman–Crippen LogP) is 1.13. The van der Waals surface area contributed by atoms with Crippen LogP contribution < -0.4 is 15.5 Å². The number of nitrogens with one attached hydrogen (secondary N) is 2. The van der Waals surface area contributed by atoms with E-state index < -0.39 is 0 Å². The summed E-state index contributed by atoms with van der Waals surface area (Å²) in [5, 5.41) is 6.00. The average Bonchev–Trinajstić information content (AvgIpc) is 2.59. The molecule has 0 saturated carbocycles. The van der Waals surface area contributed by atoms with Gasteiger partial charge in [-0.15, -0.1) is 0 Å². The maximum absolute atomic E-state index is 13.0. The minimum absolute atomic E-state index is 0.0528. The monoisotopic (exact) mass is 265 g/mol. The Morgan fingerprint density at radius 1 is 1.42 bits per heavy atom. The summed E-state index contributed by atoms with van der Waals surface area (Å²) in [5.41, 5.74) is 0.902. The molecule has 1 aliphatic rings. The van der Waals surface area contributed by atoms with E-state index >= 15 is 0 Å². The molecule has 1 heterocycles. The summed E-state index contributed by atoms with van der Waals surface area (Å²) in [7, 11) is 1.87. The number of anilines is 1. The summed E-state index contributed by atoms with van der Waals surface area (Å²) < 4.78 is 13.0. The van der Waals surface area contributed by atoms with Crippen LogP contribution in [0.1, 0.15) is 12.8 Å². The molecule has 2 N–H and O–H groups in total. The van der Waals surface area contributed by atoms with E-state index in [1.165, 1.54) is 12.1 Å². The number of nitrogens with zero attached hydrogens (tertiary/aromatic N) is 1. The van der Waals surface area contributed by atoms with Crippen molar-refractivity contribution in [3.8, 4) is 0 Å². The highest BCUT2D eigenvalue weighted by Gasteiger charge is 2.27. The lowest BCUT2D eigenvalue weighted by atomic mass is 10.1. The molecule has 0 aliphatic carbocycles. The van der Waals surface area contributed by atoms with Gasteiger partial charge in [0.05, 0.1) is 0 Å². The lowest BCUT2D eigenvalue weighted by Gasteiger charge is -2.30. The molecule has 1 amide bonds. The van der Waals surface area contributed by atoms with Crippen LogP contribution in [0.15, 0.2) is 24.3 Å². The highest BCUT2D eigenvalue weighted by molar-refractivity contribution is 5.85. The van der Waals surface area contributed by atoms with Gasteiger partial charge in [0, 0.05) is 18.8 Å². The van der Waals surface area contributed by atoms with E-state index in [0.29, 0.717) is 6.54 Å². The molecule has 0 radical (unpaired) electrons. The molecule has 0 bridgehead atoms. The van der Waals surface area contributed by atoms with Gasteiger partial charge < -0.3 is 15.5 Å². The van der Waals surface area contributed by atoms with E-state index in [4.69, 9.17) is 0 Å². The first-order valence-electron chi connectivity index (χ1n) is 6.67. The number of hydrogen-bond donors (Lipinski definition) is 2. The first-order valence-corrected chi connectivity index (χ1v) is 6.67. The van der Waals surface area contributed by atoms with Gasteiger partial charge in [0.25, 0.3) is 0 Å². The quantitative estimate of drug-likeness (QED) is 0.858. The third-order valence-corrected chi connectivity index (χ3v) is 3.38. The van der Waals surface area contributed by atoms with Crippen LogP contribution in [0.5, 0.6) is 0 Å². The van der Waals surface area contributed by atoms with Crippen LogP contribution in [-0.2, 0) is 4.79 Å². The van der Waals surface area contributed by atoms with Crippen molar-refractivity contribution in [3.63, 3.8) is 0 Å². The SMILES string of the molecule is CNCCC1C(=O)NCCCN1c1ccc(F)cc1. The number of rotatable bonds is 4. The van der Waals surface area contributed by atoms with Crippen LogP contribution in [0.3, 0.4) is 0 Å². The Morgan fingerprint density at radius 2 is 2.16 bits per heavy atom. The molecule has 5 heteroatoms. The van der Waals surface area contributed by atoms with Crippen LogP contribution in [0.25, 0.3) is 0 Å². The summed E-state index contributed by atoms with van der Waals surface area (Å²) >= 11 is 0. The standard InChI is InChI=1S/C14H20FN3O/c1-16-9-7-13-14(19)17-8-2-10-18(13)12-5-3-11(15)4-6-12/h3-6,13,16H,2,7-10H2,1H3,(H,17,19). The van der Waals surface area contributed by atoms with Crippen LogP contribution in [0.2, 0.25) is 0 Å². The Balaban J connectivity index is 2.21. The Hall–Kier alpha value is -1.62. The summed E-state index contributed by atoms with van der Waals surface area (Å²) in [5.74, 6) is -0.202. The van der Waals surface area contributed by atoms with E-state index in [-0.39, 0.29) is 17.8 Å². The zero-order valence-electron chi connectivity index (χ0n) is 11.2. The molecule has 0 aromatic heterocycles. The zero-order chi connectivity index (χ0) is 13.7. The normalized spacial score (nSPS) is 20.0. The second-order valence-electron chi connectivity index (χ2n) is 4.72. The Bertz CT molecular complexity index is 421. The fourth-order valence-electron chi connectivity index (χ4n) is 2.39. The molecule has 4 nitrogen and oxygen atoms in total. The van der Waals surface area contributed by atoms with Crippen LogP contribution in [-0.4, -0.2) is 38.6 Å². The van der Waals surface area contributed by atoms with Gasteiger partial charge in [-0.1, -0.05) is 0 Å². The van der Waals surface area contributed by atoms with Crippen LogP contribution in [0, 0.1) is 5.82 Å². The Labute approximate surface area is 113 Å². The molecule has 1 atom stereocenters. The molecule has 19 heavy (non-hydrogen) atoms. The molecule has 1 fully saturated rings. The molecule has 2 rings (SSSR count). The lowest BCUT2D eigenvalue weighted by Crippen LogP contribution is -2.45. The van der Waals surface area contributed by atoms with Crippen molar-refractivity contribution in [2.45, 2.75) is 18.9 Å². The Morgan fingerprint density at radius 3 is 2.84 bits per heavy atom. The van der Waals surface area contributed by atoms with E-state index in [1.807, 2.05) is 7.05 Å². The number of carbonyl (C=O) groups is 1. The summed E-state index contributed by atoms with van der Waals surface area (Å²) in [6, 6.07) is 6.15. The van der Waals surface area contributed by atoms with Crippen molar-refractivity contribution in [1.82, 2.24) is 10.6 Å². The van der Waals surface area contributed by atoms with Gasteiger partial charge in [0.15, 0.2) is 0 Å². The van der Waals surface area contributed by atoms with Gasteiger partial charge >= 0.3 is 0 Å². The largest absolute Gasteiger partial charge is 0.359 e. The van der Waals surface area contributed by atoms with Crippen molar-refractivity contribution < 1.29 is 9.18 Å². The lowest BCUT2D eigenvalue weighted by molar-refractivity contribution is -0.122. The van der Waals surface area contributed by atoms with Gasteiger partial charge in [-0.2, -0.15) is 0 Å². The Kier molecular flexibility index (Phi) is 4.74. The summed E-state index contributed by atoms with van der Waals surface area (Å²) in [6.45, 7) is 2.28. The number of benzene rings is 1. The second-order valence-corrected chi connectivity index (χ2v) is 4.72. The fourth-order valence-corrected chi connectivity index (χ4v) is 2.39. The third-order valence-electron chi connectivity index (χ3n) is 3.38. The smallest absolute Gasteiger partial charge is 0.242 e. The maximum Gasteiger partial charge on any atom is 0.242 e. The third kappa shape index (κ3) is 3.44. The second kappa shape index (κ2) is 6.52. The highest BCUT2D eigenvalue weighted by atomic mass is 19.1. The number of amides is 1. The molecule has 0 spiro atoms. The van der Waals surface area contributed by atoms with Crippen molar-refractivity contribution >= 4 is 11.6 Å². The molecule has 1 saturated heterocycles. The topological polar surface area (TPSA) is 44.4 Å². The molecular formula is C14H20FN3O. The van der Waals surface area contributed by atoms with E-state index in [0.717, 1.165) is 31.6 Å². The zero-order valence-corrected chi connectivity index (χ0v) is 11.2. The van der Waals surface area contributed by atoms with Gasteiger partial charge in [0.1, 0.15) is 11.9 Å². The van der Waals surface area contributed by atoms with E-state index in [2.05, 4.69) is 15.5 Å². The average molecular weight is 265 g/mol.